The number of aromatic nitrogens is 4. The van der Waals surface area contributed by atoms with Crippen LogP contribution in [-0.2, 0) is 22.6 Å². The van der Waals surface area contributed by atoms with E-state index < -0.39 is 24.4 Å². The minimum Gasteiger partial charge on any atom is -0.358 e. The van der Waals surface area contributed by atoms with Gasteiger partial charge in [0.05, 0.1) is 9.24 Å². The van der Waals surface area contributed by atoms with E-state index in [1.54, 1.807) is 18.7 Å². The summed E-state index contributed by atoms with van der Waals surface area (Å²) in [7, 11) is 1.52. The van der Waals surface area contributed by atoms with Crippen LogP contribution >= 0.6 is 0 Å². The predicted molar refractivity (Wildman–Crippen MR) is 110 cm³/mol. The zero-order valence-electron chi connectivity index (χ0n) is 21.0. The molecular formula is C20H30N6O3. The summed E-state index contributed by atoms with van der Waals surface area (Å²) in [5.41, 5.74) is -1.14. The van der Waals surface area contributed by atoms with E-state index in [1.165, 1.54) is 12.0 Å². The quantitative estimate of drug-likeness (QED) is 0.615. The molecule has 1 aromatic heterocycles. The highest BCUT2D eigenvalue weighted by atomic mass is 16.5. The molecule has 3 rings (SSSR count). The molecule has 0 unspecified atom stereocenters. The van der Waals surface area contributed by atoms with E-state index in [9.17, 15) is 9.59 Å². The molecule has 2 heterocycles. The van der Waals surface area contributed by atoms with Gasteiger partial charge in [-0.05, 0) is 29.5 Å². The van der Waals surface area contributed by atoms with Crippen LogP contribution in [0.1, 0.15) is 38.6 Å². The number of methoxy groups -OCH3 is 1. The number of para-hydroxylation sites is 1. The maximum Gasteiger partial charge on any atom is 0.363 e. The van der Waals surface area contributed by atoms with Crippen LogP contribution in [0.25, 0.3) is 0 Å². The number of ether oxygens (including phenoxy) is 1. The molecule has 1 aliphatic heterocycles. The van der Waals surface area contributed by atoms with Crippen LogP contribution in [0.15, 0.2) is 35.1 Å². The molecule has 1 amide bonds. The first kappa shape index (κ1) is 16.3. The molecule has 29 heavy (non-hydrogen) atoms. The molecule has 9 nitrogen and oxygen atoms in total. The number of nitrogens with zero attached hydrogens (tertiary/aromatic N) is 6. The van der Waals surface area contributed by atoms with Crippen molar-refractivity contribution in [3.8, 4) is 0 Å². The summed E-state index contributed by atoms with van der Waals surface area (Å²) >= 11 is 0. The average molecular weight is 407 g/mol. The van der Waals surface area contributed by atoms with E-state index in [4.69, 9.17) is 10.2 Å². The molecule has 1 aliphatic rings. The van der Waals surface area contributed by atoms with Gasteiger partial charge in [-0.3, -0.25) is 9.69 Å². The first-order valence-electron chi connectivity index (χ1n) is 11.8. The van der Waals surface area contributed by atoms with E-state index >= 15 is 0 Å². The first-order chi connectivity index (χ1) is 15.6. The number of anilines is 1. The highest BCUT2D eigenvalue weighted by molar-refractivity contribution is 5.94. The van der Waals surface area contributed by atoms with Crippen molar-refractivity contribution in [2.24, 2.45) is 0 Å². The Balaban J connectivity index is 1.88. The van der Waals surface area contributed by atoms with Gasteiger partial charge < -0.3 is 9.64 Å². The highest BCUT2D eigenvalue weighted by Crippen LogP contribution is 2.34. The molecule has 0 N–H and O–H groups in total. The summed E-state index contributed by atoms with van der Waals surface area (Å²) < 4.78 is 41.2. The monoisotopic (exact) mass is 406 g/mol. The third-order valence-electron chi connectivity index (χ3n) is 5.15. The van der Waals surface area contributed by atoms with Crippen molar-refractivity contribution in [1.82, 2.24) is 24.7 Å². The number of aryl methyl sites for hydroxylation is 2. The van der Waals surface area contributed by atoms with Crippen LogP contribution in [0.4, 0.5) is 5.69 Å². The molecule has 158 valence electrons. The third kappa shape index (κ3) is 4.40. The first-order valence-corrected chi connectivity index (χ1v) is 9.77. The van der Waals surface area contributed by atoms with Gasteiger partial charge in [0.2, 0.25) is 5.91 Å². The molecule has 9 heteroatoms. The normalized spacial score (nSPS) is 19.7. The van der Waals surface area contributed by atoms with Crippen molar-refractivity contribution in [2.45, 2.75) is 51.9 Å². The average Bonchev–Trinajstić information content (AvgIpc) is 3.20. The number of carbonyl (C=O) groups is 1. The number of piperidine rings is 1. The molecule has 0 atom stereocenters. The van der Waals surface area contributed by atoms with E-state index in [0.717, 1.165) is 4.68 Å². The summed E-state index contributed by atoms with van der Waals surface area (Å²) in [6.07, 6.45) is 0.760. The summed E-state index contributed by atoms with van der Waals surface area (Å²) in [5.74, 6) is -0.127. The smallest absolute Gasteiger partial charge is 0.358 e. The number of hydrogen-bond acceptors (Lipinski definition) is 6. The maximum absolute atomic E-state index is 12.9. The van der Waals surface area contributed by atoms with Gasteiger partial charge in [0, 0.05) is 60.9 Å². The predicted octanol–water partition coefficient (Wildman–Crippen LogP) is 1.34. The van der Waals surface area contributed by atoms with Gasteiger partial charge in [0.1, 0.15) is 5.72 Å². The van der Waals surface area contributed by atoms with Gasteiger partial charge in [0.15, 0.2) is 0 Å². The molecule has 1 fully saturated rings. The fraction of sp³-hybridized carbons (Fsp3) is 0.600. The maximum atomic E-state index is 12.9. The van der Waals surface area contributed by atoms with Crippen molar-refractivity contribution in [3.05, 3.63) is 40.8 Å². The summed E-state index contributed by atoms with van der Waals surface area (Å²) in [6.45, 7) is -1.53. The Morgan fingerprint density at radius 3 is 2.38 bits per heavy atom. The second-order valence-corrected chi connectivity index (χ2v) is 6.77. The Morgan fingerprint density at radius 1 is 1.17 bits per heavy atom. The highest BCUT2D eigenvalue weighted by Gasteiger charge is 2.43. The summed E-state index contributed by atoms with van der Waals surface area (Å²) in [6, 6.07) is 9.16. The van der Waals surface area contributed by atoms with Crippen LogP contribution in [0, 0.1) is 0 Å². The molecule has 0 spiro atoms. The Kier molecular flexibility index (Phi) is 5.24. The number of amides is 1. The van der Waals surface area contributed by atoms with Gasteiger partial charge in [-0.15, -0.1) is 0 Å². The molecule has 0 bridgehead atoms. The van der Waals surface area contributed by atoms with Gasteiger partial charge in [-0.1, -0.05) is 25.1 Å². The van der Waals surface area contributed by atoms with Crippen molar-refractivity contribution < 1.29 is 15.0 Å². The molecular weight excluding hydrogens is 372 g/mol. The van der Waals surface area contributed by atoms with Crippen LogP contribution in [0.2, 0.25) is 0 Å². The minimum absolute atomic E-state index is 0.0946. The molecule has 1 aromatic carbocycles. The van der Waals surface area contributed by atoms with Gasteiger partial charge >= 0.3 is 5.69 Å². The fourth-order valence-corrected chi connectivity index (χ4v) is 3.49. The van der Waals surface area contributed by atoms with Gasteiger partial charge in [0.25, 0.3) is 0 Å². The lowest BCUT2D eigenvalue weighted by Crippen LogP contribution is -2.59. The van der Waals surface area contributed by atoms with Crippen molar-refractivity contribution in [1.29, 1.82) is 0 Å². The van der Waals surface area contributed by atoms with Gasteiger partial charge in [-0.25, -0.2) is 4.79 Å². The SMILES string of the molecule is [2H]C([2H])(N1CCC(OC)(N(C(=O)CC)c2ccccc2)CC1)C([2H])([2H])n1nnn(CC)c1=O. The third-order valence-corrected chi connectivity index (χ3v) is 5.15. The second-order valence-electron chi connectivity index (χ2n) is 6.77. The Bertz CT molecular complexity index is 1020. The zero-order chi connectivity index (χ0) is 24.4. The Morgan fingerprint density at radius 2 is 1.83 bits per heavy atom. The van der Waals surface area contributed by atoms with E-state index in [0.29, 0.717) is 10.4 Å². The lowest BCUT2D eigenvalue weighted by Gasteiger charge is -2.47. The molecule has 2 aromatic rings. The standard InChI is InChI=1S/C20H30N6O3/c1-4-18(27)26(17-9-7-6-8-10-17)20(29-3)11-13-23(14-12-20)15-16-25-19(28)24(5-2)21-22-25/h6-10H,4-5,11-16H2,1-3H3/i15D2,16D2. The number of benzene rings is 1. The van der Waals surface area contributed by atoms with E-state index in [-0.39, 0.29) is 44.8 Å². The van der Waals surface area contributed by atoms with Crippen LogP contribution < -0.4 is 10.6 Å². The number of likely N-dealkylation sites (tertiary alicyclic amines) is 1. The Labute approximate surface area is 176 Å². The molecule has 0 aliphatic carbocycles. The topological polar surface area (TPSA) is 85.5 Å². The molecule has 1 saturated heterocycles. The Hall–Kier alpha value is -2.52. The van der Waals surface area contributed by atoms with E-state index in [1.807, 2.05) is 30.3 Å². The number of carbonyl (C=O) groups excluding carboxylic acids is 1. The van der Waals surface area contributed by atoms with E-state index in [2.05, 4.69) is 10.4 Å². The summed E-state index contributed by atoms with van der Waals surface area (Å²) in [5, 5.41) is 7.17. The largest absolute Gasteiger partial charge is 0.363 e. The minimum atomic E-state index is -2.77. The fourth-order valence-electron chi connectivity index (χ4n) is 3.49. The molecule has 0 radical (unpaired) electrons. The van der Waals surface area contributed by atoms with Crippen molar-refractivity contribution >= 4 is 11.6 Å². The number of hydrogen-bond donors (Lipinski definition) is 0. The van der Waals surface area contributed by atoms with Crippen molar-refractivity contribution in [2.75, 3.05) is 31.6 Å². The molecule has 0 saturated carbocycles. The number of tetrazole rings is 1. The van der Waals surface area contributed by atoms with Crippen molar-refractivity contribution in [3.63, 3.8) is 0 Å². The zero-order valence-corrected chi connectivity index (χ0v) is 17.0. The summed E-state index contributed by atoms with van der Waals surface area (Å²) in [4.78, 5) is 28.2. The van der Waals surface area contributed by atoms with Crippen LogP contribution in [0.5, 0.6) is 0 Å². The number of rotatable bonds is 8. The van der Waals surface area contributed by atoms with Crippen LogP contribution in [-0.4, -0.2) is 63.0 Å². The second kappa shape index (κ2) is 9.32. The lowest BCUT2D eigenvalue weighted by molar-refractivity contribution is -0.128. The lowest BCUT2D eigenvalue weighted by atomic mass is 9.96. The van der Waals surface area contributed by atoms with Crippen LogP contribution in [0.3, 0.4) is 0 Å². The van der Waals surface area contributed by atoms with Gasteiger partial charge in [-0.2, -0.15) is 9.36 Å².